The molecule has 3 rings (SSSR count). The minimum absolute atomic E-state index is 0.746. The minimum Gasteiger partial charge on any atom is -0.492 e. The van der Waals surface area contributed by atoms with Crippen molar-refractivity contribution in [2.45, 2.75) is 33.1 Å². The molecule has 0 atom stereocenters. The van der Waals surface area contributed by atoms with E-state index in [4.69, 9.17) is 4.74 Å². The highest BCUT2D eigenvalue weighted by molar-refractivity contribution is 5.83. The molecule has 1 aliphatic carbocycles. The highest BCUT2D eigenvalue weighted by Gasteiger charge is 2.12. The quantitative estimate of drug-likeness (QED) is 0.682. The Hall–Kier alpha value is -2.06. The molecule has 0 radical (unpaired) electrons. The van der Waals surface area contributed by atoms with E-state index in [0.717, 1.165) is 32.0 Å². The van der Waals surface area contributed by atoms with Gasteiger partial charge in [0.05, 0.1) is 0 Å². The summed E-state index contributed by atoms with van der Waals surface area (Å²) in [6.07, 6.45) is 5.94. The summed E-state index contributed by atoms with van der Waals surface area (Å²) in [6, 6.07) is 17.3. The molecule has 0 heterocycles. The van der Waals surface area contributed by atoms with Crippen LogP contribution in [0.2, 0.25) is 0 Å². The van der Waals surface area contributed by atoms with Crippen LogP contribution in [0.5, 0.6) is 5.75 Å². The molecular weight excluding hydrogens is 306 g/mol. The lowest BCUT2D eigenvalue weighted by molar-refractivity contribution is 0.223. The molecule has 2 nitrogen and oxygen atoms in total. The van der Waals surface area contributed by atoms with Gasteiger partial charge >= 0.3 is 0 Å². The van der Waals surface area contributed by atoms with Crippen molar-refractivity contribution in [2.75, 3.05) is 26.2 Å². The molecule has 0 spiro atoms. The van der Waals surface area contributed by atoms with Crippen LogP contribution in [0.15, 0.2) is 48.5 Å². The molecule has 2 heteroatoms. The average Bonchev–Trinajstić information content (AvgIpc) is 2.67. The Balaban J connectivity index is 1.63. The molecule has 0 saturated carbocycles. The molecule has 0 unspecified atom stereocenters. The van der Waals surface area contributed by atoms with Crippen LogP contribution in [0.1, 0.15) is 43.4 Å². The molecule has 0 N–H and O–H groups in total. The third-order valence-corrected chi connectivity index (χ3v) is 5.05. The predicted octanol–water partition coefficient (Wildman–Crippen LogP) is 5.28. The molecule has 0 bridgehead atoms. The molecule has 0 aromatic heterocycles. The van der Waals surface area contributed by atoms with E-state index >= 15 is 0 Å². The summed E-state index contributed by atoms with van der Waals surface area (Å²) >= 11 is 0. The summed E-state index contributed by atoms with van der Waals surface area (Å²) in [5.41, 5.74) is 5.62. The SMILES string of the molecule is CCN(CC)CCOc1ccc(/C=C2\CCCc3ccccc32)cc1. The molecule has 0 aliphatic heterocycles. The summed E-state index contributed by atoms with van der Waals surface area (Å²) in [5, 5.41) is 0. The van der Waals surface area contributed by atoms with Crippen LogP contribution in [-0.2, 0) is 6.42 Å². The standard InChI is InChI=1S/C23H29NO/c1-3-24(4-2)16-17-25-22-14-12-19(13-15-22)18-21-10-7-9-20-8-5-6-11-23(20)21/h5-6,8,11-15,18H,3-4,7,9-10,16-17H2,1-2H3/b21-18+. The van der Waals surface area contributed by atoms with Crippen molar-refractivity contribution in [3.05, 3.63) is 65.2 Å². The Morgan fingerprint density at radius 3 is 2.48 bits per heavy atom. The lowest BCUT2D eigenvalue weighted by Gasteiger charge is -2.19. The lowest BCUT2D eigenvalue weighted by Crippen LogP contribution is -2.27. The molecular formula is C23H29NO. The molecule has 2 aromatic rings. The maximum atomic E-state index is 5.88. The monoisotopic (exact) mass is 335 g/mol. The fourth-order valence-corrected chi connectivity index (χ4v) is 3.50. The van der Waals surface area contributed by atoms with Crippen molar-refractivity contribution in [1.29, 1.82) is 0 Å². The number of hydrogen-bond donors (Lipinski definition) is 0. The van der Waals surface area contributed by atoms with Crippen LogP contribution < -0.4 is 4.74 Å². The van der Waals surface area contributed by atoms with Gasteiger partial charge in [0.2, 0.25) is 0 Å². The molecule has 2 aromatic carbocycles. The first-order valence-electron chi connectivity index (χ1n) is 9.54. The first-order valence-corrected chi connectivity index (χ1v) is 9.54. The third kappa shape index (κ3) is 4.73. The summed E-state index contributed by atoms with van der Waals surface area (Å²) in [4.78, 5) is 2.37. The lowest BCUT2D eigenvalue weighted by atomic mass is 9.86. The van der Waals surface area contributed by atoms with Gasteiger partial charge in [-0.3, -0.25) is 0 Å². The normalized spacial score (nSPS) is 15.4. The number of allylic oxidation sites excluding steroid dienone is 1. The Kier molecular flexibility index (Phi) is 6.30. The molecule has 0 amide bonds. The highest BCUT2D eigenvalue weighted by Crippen LogP contribution is 2.32. The zero-order valence-electron chi connectivity index (χ0n) is 15.5. The van der Waals surface area contributed by atoms with E-state index in [9.17, 15) is 0 Å². The smallest absolute Gasteiger partial charge is 0.119 e. The fourth-order valence-electron chi connectivity index (χ4n) is 3.50. The van der Waals surface area contributed by atoms with E-state index in [2.05, 4.69) is 73.4 Å². The number of aryl methyl sites for hydroxylation is 1. The number of benzene rings is 2. The third-order valence-electron chi connectivity index (χ3n) is 5.05. The minimum atomic E-state index is 0.746. The van der Waals surface area contributed by atoms with E-state index in [-0.39, 0.29) is 0 Å². The largest absolute Gasteiger partial charge is 0.492 e. The number of likely N-dealkylation sites (N-methyl/N-ethyl adjacent to an activating group) is 1. The van der Waals surface area contributed by atoms with Crippen molar-refractivity contribution in [3.63, 3.8) is 0 Å². The van der Waals surface area contributed by atoms with Gasteiger partial charge < -0.3 is 9.64 Å². The fraction of sp³-hybridized carbons (Fsp3) is 0.391. The predicted molar refractivity (Wildman–Crippen MR) is 107 cm³/mol. The second kappa shape index (κ2) is 8.87. The van der Waals surface area contributed by atoms with Gasteiger partial charge in [-0.25, -0.2) is 0 Å². The van der Waals surface area contributed by atoms with Crippen LogP contribution in [0.4, 0.5) is 0 Å². The van der Waals surface area contributed by atoms with Crippen molar-refractivity contribution in [2.24, 2.45) is 0 Å². The van der Waals surface area contributed by atoms with Gasteiger partial charge in [-0.05, 0) is 66.7 Å². The maximum Gasteiger partial charge on any atom is 0.119 e. The first kappa shape index (κ1) is 17.8. The Labute approximate surface area is 152 Å². The molecule has 0 fully saturated rings. The van der Waals surface area contributed by atoms with E-state index in [1.54, 1.807) is 0 Å². The van der Waals surface area contributed by atoms with E-state index < -0.39 is 0 Å². The zero-order valence-corrected chi connectivity index (χ0v) is 15.5. The van der Waals surface area contributed by atoms with E-state index in [0.29, 0.717) is 0 Å². The summed E-state index contributed by atoms with van der Waals surface area (Å²) in [7, 11) is 0. The van der Waals surface area contributed by atoms with Crippen LogP contribution in [0, 0.1) is 0 Å². The molecule has 25 heavy (non-hydrogen) atoms. The van der Waals surface area contributed by atoms with Gasteiger partial charge in [0, 0.05) is 6.54 Å². The summed E-state index contributed by atoms with van der Waals surface area (Å²) < 4.78 is 5.88. The average molecular weight is 335 g/mol. The molecule has 0 saturated heterocycles. The number of ether oxygens (including phenoxy) is 1. The molecule has 1 aliphatic rings. The van der Waals surface area contributed by atoms with Gasteiger partial charge in [-0.2, -0.15) is 0 Å². The Morgan fingerprint density at radius 2 is 1.72 bits per heavy atom. The Bertz CT molecular complexity index is 698. The summed E-state index contributed by atoms with van der Waals surface area (Å²) in [5.74, 6) is 0.957. The molecule has 132 valence electrons. The Morgan fingerprint density at radius 1 is 0.960 bits per heavy atom. The number of nitrogens with zero attached hydrogens (tertiary/aromatic N) is 1. The maximum absolute atomic E-state index is 5.88. The van der Waals surface area contributed by atoms with Crippen LogP contribution >= 0.6 is 0 Å². The van der Waals surface area contributed by atoms with Crippen molar-refractivity contribution in [3.8, 4) is 5.75 Å². The van der Waals surface area contributed by atoms with E-state index in [1.165, 1.54) is 41.5 Å². The zero-order chi connectivity index (χ0) is 17.5. The van der Waals surface area contributed by atoms with Crippen molar-refractivity contribution >= 4 is 11.6 Å². The van der Waals surface area contributed by atoms with Crippen molar-refractivity contribution < 1.29 is 4.74 Å². The van der Waals surface area contributed by atoms with Gasteiger partial charge in [-0.15, -0.1) is 0 Å². The number of fused-ring (bicyclic) bond motifs is 1. The van der Waals surface area contributed by atoms with Crippen LogP contribution in [0.3, 0.4) is 0 Å². The van der Waals surface area contributed by atoms with Gasteiger partial charge in [-0.1, -0.05) is 56.3 Å². The van der Waals surface area contributed by atoms with Crippen LogP contribution in [-0.4, -0.2) is 31.1 Å². The summed E-state index contributed by atoms with van der Waals surface area (Å²) in [6.45, 7) is 8.26. The van der Waals surface area contributed by atoms with Gasteiger partial charge in [0.15, 0.2) is 0 Å². The van der Waals surface area contributed by atoms with Gasteiger partial charge in [0.25, 0.3) is 0 Å². The van der Waals surface area contributed by atoms with E-state index in [1.807, 2.05) is 0 Å². The topological polar surface area (TPSA) is 12.5 Å². The number of hydrogen-bond acceptors (Lipinski definition) is 2. The van der Waals surface area contributed by atoms with Crippen LogP contribution in [0.25, 0.3) is 11.6 Å². The number of rotatable bonds is 7. The highest BCUT2D eigenvalue weighted by atomic mass is 16.5. The second-order valence-electron chi connectivity index (χ2n) is 6.62. The van der Waals surface area contributed by atoms with Crippen molar-refractivity contribution in [1.82, 2.24) is 4.90 Å². The first-order chi connectivity index (χ1) is 12.3. The van der Waals surface area contributed by atoms with Gasteiger partial charge in [0.1, 0.15) is 12.4 Å². The second-order valence-corrected chi connectivity index (χ2v) is 6.62.